The molecule has 106 valence electrons. The number of hydrogen-bond donors (Lipinski definition) is 1. The topological polar surface area (TPSA) is 51.8 Å². The van der Waals surface area contributed by atoms with E-state index in [1.165, 1.54) is 37.7 Å². The summed E-state index contributed by atoms with van der Waals surface area (Å²) in [4.78, 5) is 8.71. The van der Waals surface area contributed by atoms with E-state index in [4.69, 9.17) is 5.73 Å². The largest absolute Gasteiger partial charge is 0.324 e. The van der Waals surface area contributed by atoms with Gasteiger partial charge in [0.25, 0.3) is 0 Å². The van der Waals surface area contributed by atoms with Crippen molar-refractivity contribution in [1.82, 2.24) is 9.97 Å². The fraction of sp³-hybridized carbons (Fsp3) is 0.529. The van der Waals surface area contributed by atoms with E-state index >= 15 is 0 Å². The molecule has 0 radical (unpaired) electrons. The highest BCUT2D eigenvalue weighted by atomic mass is 14.8. The molecule has 0 amide bonds. The maximum absolute atomic E-state index is 6.58. The van der Waals surface area contributed by atoms with Gasteiger partial charge in [-0.3, -0.25) is 9.97 Å². The van der Waals surface area contributed by atoms with Gasteiger partial charge in [0.15, 0.2) is 0 Å². The number of fused-ring (bicyclic) bond motifs is 1. The van der Waals surface area contributed by atoms with Gasteiger partial charge in [0.1, 0.15) is 0 Å². The van der Waals surface area contributed by atoms with Crippen LogP contribution >= 0.6 is 0 Å². The maximum atomic E-state index is 6.58. The molecule has 1 aliphatic rings. The molecule has 0 saturated heterocycles. The predicted molar refractivity (Wildman–Crippen MR) is 82.2 cm³/mol. The Bertz CT molecular complexity index is 581. The highest BCUT2D eigenvalue weighted by molar-refractivity contribution is 5.74. The number of benzene rings is 1. The Kier molecular flexibility index (Phi) is 3.97. The van der Waals surface area contributed by atoms with Crippen LogP contribution in [-0.4, -0.2) is 9.97 Å². The Hall–Kier alpha value is -1.48. The first-order valence-corrected chi connectivity index (χ1v) is 7.76. The van der Waals surface area contributed by atoms with Gasteiger partial charge in [-0.05, 0) is 36.0 Å². The van der Waals surface area contributed by atoms with Crippen molar-refractivity contribution >= 4 is 11.0 Å². The lowest BCUT2D eigenvalue weighted by atomic mass is 9.72. The molecule has 0 bridgehead atoms. The third-order valence-corrected chi connectivity index (χ3v) is 4.83. The SMILES string of the molecule is CCC1CCCCC1C(N)c1ccc2nccnc2c1. The second-order valence-corrected chi connectivity index (χ2v) is 5.95. The molecular formula is C17H23N3. The molecule has 1 aromatic heterocycles. The molecule has 2 aromatic rings. The Labute approximate surface area is 120 Å². The average molecular weight is 269 g/mol. The van der Waals surface area contributed by atoms with Crippen molar-refractivity contribution in [3.05, 3.63) is 36.2 Å². The molecule has 20 heavy (non-hydrogen) atoms. The van der Waals surface area contributed by atoms with Crippen LogP contribution in [0, 0.1) is 11.8 Å². The molecule has 0 aliphatic heterocycles. The molecule has 1 aromatic carbocycles. The zero-order valence-electron chi connectivity index (χ0n) is 12.1. The van der Waals surface area contributed by atoms with Crippen LogP contribution in [0.15, 0.2) is 30.6 Å². The molecule has 3 heteroatoms. The lowest BCUT2D eigenvalue weighted by Crippen LogP contribution is -2.30. The summed E-state index contributed by atoms with van der Waals surface area (Å²) in [5, 5.41) is 0. The molecule has 2 N–H and O–H groups in total. The van der Waals surface area contributed by atoms with Crippen molar-refractivity contribution < 1.29 is 0 Å². The molecule has 3 unspecified atom stereocenters. The standard InChI is InChI=1S/C17H23N3/c1-2-12-5-3-4-6-14(12)17(18)13-7-8-15-16(11-13)20-10-9-19-15/h7-12,14,17H,2-6,18H2,1H3. The Morgan fingerprint density at radius 2 is 1.90 bits per heavy atom. The summed E-state index contributed by atoms with van der Waals surface area (Å²) in [5.74, 6) is 1.39. The summed E-state index contributed by atoms with van der Waals surface area (Å²) in [6.07, 6.45) is 10.0. The minimum Gasteiger partial charge on any atom is -0.324 e. The fourth-order valence-corrected chi connectivity index (χ4v) is 3.65. The second kappa shape index (κ2) is 5.88. The van der Waals surface area contributed by atoms with Gasteiger partial charge in [0.2, 0.25) is 0 Å². The average Bonchev–Trinajstić information content (AvgIpc) is 2.53. The first-order chi connectivity index (χ1) is 9.79. The van der Waals surface area contributed by atoms with Crippen LogP contribution in [0.3, 0.4) is 0 Å². The van der Waals surface area contributed by atoms with Crippen LogP contribution < -0.4 is 5.73 Å². The first-order valence-electron chi connectivity index (χ1n) is 7.76. The summed E-state index contributed by atoms with van der Waals surface area (Å²) in [7, 11) is 0. The first kappa shape index (κ1) is 13.5. The molecular weight excluding hydrogens is 246 g/mol. The predicted octanol–water partition coefficient (Wildman–Crippen LogP) is 3.85. The van der Waals surface area contributed by atoms with E-state index in [2.05, 4.69) is 29.0 Å². The zero-order valence-corrected chi connectivity index (χ0v) is 12.1. The lowest BCUT2D eigenvalue weighted by molar-refractivity contribution is 0.196. The van der Waals surface area contributed by atoms with Crippen LogP contribution in [0.4, 0.5) is 0 Å². The smallest absolute Gasteiger partial charge is 0.0890 e. The Morgan fingerprint density at radius 1 is 1.15 bits per heavy atom. The minimum atomic E-state index is 0.131. The van der Waals surface area contributed by atoms with Gasteiger partial charge in [0, 0.05) is 18.4 Å². The van der Waals surface area contributed by atoms with Crippen LogP contribution in [0.25, 0.3) is 11.0 Å². The van der Waals surface area contributed by atoms with Crippen molar-refractivity contribution in [3.8, 4) is 0 Å². The van der Waals surface area contributed by atoms with E-state index in [0.29, 0.717) is 5.92 Å². The maximum Gasteiger partial charge on any atom is 0.0890 e. The number of aromatic nitrogens is 2. The number of nitrogens with two attached hydrogens (primary N) is 1. The van der Waals surface area contributed by atoms with Gasteiger partial charge in [-0.15, -0.1) is 0 Å². The van der Waals surface area contributed by atoms with Crippen molar-refractivity contribution in [3.63, 3.8) is 0 Å². The second-order valence-electron chi connectivity index (χ2n) is 5.95. The van der Waals surface area contributed by atoms with Gasteiger partial charge in [-0.1, -0.05) is 38.7 Å². The van der Waals surface area contributed by atoms with Gasteiger partial charge < -0.3 is 5.73 Å². The normalized spacial score (nSPS) is 24.7. The molecule has 1 fully saturated rings. The molecule has 1 aliphatic carbocycles. The van der Waals surface area contributed by atoms with E-state index in [1.54, 1.807) is 12.4 Å². The monoisotopic (exact) mass is 269 g/mol. The highest BCUT2D eigenvalue weighted by Crippen LogP contribution is 2.39. The highest BCUT2D eigenvalue weighted by Gasteiger charge is 2.29. The lowest BCUT2D eigenvalue weighted by Gasteiger charge is -2.35. The van der Waals surface area contributed by atoms with E-state index < -0.39 is 0 Å². The van der Waals surface area contributed by atoms with Gasteiger partial charge >= 0.3 is 0 Å². The van der Waals surface area contributed by atoms with Gasteiger partial charge in [0.05, 0.1) is 11.0 Å². The van der Waals surface area contributed by atoms with Gasteiger partial charge in [-0.2, -0.15) is 0 Å². The van der Waals surface area contributed by atoms with Crippen LogP contribution in [-0.2, 0) is 0 Å². The quantitative estimate of drug-likeness (QED) is 0.921. The minimum absolute atomic E-state index is 0.131. The molecule has 3 rings (SSSR count). The number of rotatable bonds is 3. The summed E-state index contributed by atoms with van der Waals surface area (Å²) < 4.78 is 0. The number of nitrogens with zero attached hydrogens (tertiary/aromatic N) is 2. The Balaban J connectivity index is 1.89. The van der Waals surface area contributed by atoms with Crippen molar-refractivity contribution in [2.45, 2.75) is 45.1 Å². The zero-order chi connectivity index (χ0) is 13.9. The molecule has 3 atom stereocenters. The third kappa shape index (κ3) is 2.55. The summed E-state index contributed by atoms with van der Waals surface area (Å²) >= 11 is 0. The van der Waals surface area contributed by atoms with Gasteiger partial charge in [-0.25, -0.2) is 0 Å². The summed E-state index contributed by atoms with van der Waals surface area (Å²) in [6.45, 7) is 2.29. The molecule has 1 saturated carbocycles. The summed E-state index contributed by atoms with van der Waals surface area (Å²) in [5.41, 5.74) is 9.68. The third-order valence-electron chi connectivity index (χ3n) is 4.83. The van der Waals surface area contributed by atoms with Crippen molar-refractivity contribution in [2.24, 2.45) is 17.6 Å². The van der Waals surface area contributed by atoms with Crippen LogP contribution in [0.2, 0.25) is 0 Å². The van der Waals surface area contributed by atoms with E-state index in [9.17, 15) is 0 Å². The fourth-order valence-electron chi connectivity index (χ4n) is 3.65. The summed E-state index contributed by atoms with van der Waals surface area (Å²) in [6, 6.07) is 6.42. The van der Waals surface area contributed by atoms with Crippen molar-refractivity contribution in [2.75, 3.05) is 0 Å². The number of hydrogen-bond acceptors (Lipinski definition) is 3. The van der Waals surface area contributed by atoms with Crippen LogP contribution in [0.1, 0.15) is 50.6 Å². The van der Waals surface area contributed by atoms with Crippen LogP contribution in [0.5, 0.6) is 0 Å². The molecule has 0 spiro atoms. The molecule has 3 nitrogen and oxygen atoms in total. The van der Waals surface area contributed by atoms with E-state index in [1.807, 2.05) is 6.07 Å². The van der Waals surface area contributed by atoms with E-state index in [-0.39, 0.29) is 6.04 Å². The van der Waals surface area contributed by atoms with Crippen molar-refractivity contribution in [1.29, 1.82) is 0 Å². The molecule has 1 heterocycles. The Morgan fingerprint density at radius 3 is 2.70 bits per heavy atom. The van der Waals surface area contributed by atoms with E-state index in [0.717, 1.165) is 17.0 Å².